The smallest absolute Gasteiger partial charge is 0.246 e. The molecule has 0 fully saturated rings. The molecule has 38 heavy (non-hydrogen) atoms. The highest BCUT2D eigenvalue weighted by atomic mass is 79.9. The van der Waals surface area contributed by atoms with Crippen molar-refractivity contribution in [1.29, 1.82) is 0 Å². The molecule has 1 N–H and O–H groups in total. The van der Waals surface area contributed by atoms with Gasteiger partial charge in [-0.1, -0.05) is 53.5 Å². The van der Waals surface area contributed by atoms with Gasteiger partial charge in [0.2, 0.25) is 11.8 Å². The molecule has 0 aliphatic carbocycles. The molecule has 2 aromatic carbocycles. The van der Waals surface area contributed by atoms with Gasteiger partial charge in [-0.2, -0.15) is 0 Å². The number of rotatable bonds is 9. The van der Waals surface area contributed by atoms with Crippen LogP contribution in [0.1, 0.15) is 23.2 Å². The van der Waals surface area contributed by atoms with E-state index in [1.54, 1.807) is 19.2 Å². The van der Waals surface area contributed by atoms with Gasteiger partial charge in [-0.25, -0.2) is 4.98 Å². The molecule has 0 atom stereocenters. The van der Waals surface area contributed by atoms with Crippen molar-refractivity contribution in [2.75, 3.05) is 18.5 Å². The number of benzene rings is 2. The Morgan fingerprint density at radius 2 is 1.84 bits per heavy atom. The quantitative estimate of drug-likeness (QED) is 0.229. The number of imidazole rings is 1. The van der Waals surface area contributed by atoms with E-state index < -0.39 is 0 Å². The number of hydrogen-bond acceptors (Lipinski definition) is 4. The first-order valence-corrected chi connectivity index (χ1v) is 13.1. The molecule has 0 aliphatic rings. The number of aromatic nitrogens is 2. The number of likely N-dealkylation sites (N-methyl/N-ethyl adjacent to an activating group) is 1. The Bertz CT molecular complexity index is 1450. The molecular formula is C27H26BrCl3N4O3. The summed E-state index contributed by atoms with van der Waals surface area (Å²) in [6.07, 6.45) is 2.78. The Hall–Kier alpha value is -2.78. The number of nitrogens with one attached hydrogen (secondary N) is 1. The second-order valence-corrected chi connectivity index (χ2v) is 9.95. The molecule has 0 aliphatic heterocycles. The fraction of sp³-hybridized carbons (Fsp3) is 0.222. The molecule has 7 nitrogen and oxygen atoms in total. The fourth-order valence-electron chi connectivity index (χ4n) is 3.78. The molecule has 200 valence electrons. The van der Waals surface area contributed by atoms with Gasteiger partial charge in [-0.3, -0.25) is 14.0 Å². The zero-order chi connectivity index (χ0) is 26.5. The largest absolute Gasteiger partial charge is 0.485 e. The number of hydrogen-bond donors (Lipinski definition) is 1. The van der Waals surface area contributed by atoms with Gasteiger partial charge < -0.3 is 15.0 Å². The van der Waals surface area contributed by atoms with Crippen LogP contribution in [-0.2, 0) is 22.6 Å². The van der Waals surface area contributed by atoms with Gasteiger partial charge in [0.1, 0.15) is 11.2 Å². The number of carbonyl (C=O) groups excluding carboxylic acids is 2. The topological polar surface area (TPSA) is 75.9 Å². The minimum atomic E-state index is -0.313. The number of amides is 2. The first-order chi connectivity index (χ1) is 17.8. The van der Waals surface area contributed by atoms with Gasteiger partial charge in [0.15, 0.2) is 11.4 Å². The molecule has 0 bridgehead atoms. The summed E-state index contributed by atoms with van der Waals surface area (Å²) < 4.78 is 8.76. The summed E-state index contributed by atoms with van der Waals surface area (Å²) in [6, 6.07) is 16.7. The Morgan fingerprint density at radius 3 is 2.58 bits per heavy atom. The van der Waals surface area contributed by atoms with Gasteiger partial charge in [-0.15, -0.1) is 12.4 Å². The molecule has 0 saturated carbocycles. The third-order valence-electron chi connectivity index (χ3n) is 5.91. The van der Waals surface area contributed by atoms with E-state index in [0.717, 1.165) is 15.9 Å². The van der Waals surface area contributed by atoms with Crippen molar-refractivity contribution in [2.45, 2.75) is 26.4 Å². The fourth-order valence-corrected chi connectivity index (χ4v) is 4.77. The van der Waals surface area contributed by atoms with Crippen molar-refractivity contribution >= 4 is 74.7 Å². The number of halogens is 4. The lowest BCUT2D eigenvalue weighted by Crippen LogP contribution is -2.38. The Morgan fingerprint density at radius 1 is 1.11 bits per heavy atom. The Kier molecular flexibility index (Phi) is 10.4. The number of pyridine rings is 1. The van der Waals surface area contributed by atoms with Crippen LogP contribution in [0.4, 0.5) is 5.69 Å². The minimum Gasteiger partial charge on any atom is -0.485 e. The van der Waals surface area contributed by atoms with Crippen molar-refractivity contribution < 1.29 is 14.3 Å². The van der Waals surface area contributed by atoms with Gasteiger partial charge in [0.25, 0.3) is 0 Å². The van der Waals surface area contributed by atoms with Crippen molar-refractivity contribution in [3.8, 4) is 5.75 Å². The minimum absolute atomic E-state index is 0. The number of aryl methyl sites for hydroxylation is 2. The third-order valence-corrected chi connectivity index (χ3v) is 7.64. The van der Waals surface area contributed by atoms with E-state index in [1.807, 2.05) is 60.0 Å². The molecule has 4 aromatic rings. The van der Waals surface area contributed by atoms with Gasteiger partial charge in [-0.05, 0) is 59.1 Å². The van der Waals surface area contributed by atoms with Crippen LogP contribution >= 0.6 is 51.5 Å². The SMILES string of the molecule is Cc1nc2c(OCc3c(Cl)ccc(N(C)C(=O)CNC(=O)CCc4ccccc4)c3Cl)cccn2c1Br.Cl. The second kappa shape index (κ2) is 13.3. The molecule has 4 rings (SSSR count). The van der Waals surface area contributed by atoms with Crippen molar-refractivity contribution in [3.05, 3.63) is 92.3 Å². The summed E-state index contributed by atoms with van der Waals surface area (Å²) >= 11 is 16.6. The van der Waals surface area contributed by atoms with Gasteiger partial charge >= 0.3 is 0 Å². The van der Waals surface area contributed by atoms with E-state index in [0.29, 0.717) is 45.5 Å². The van der Waals surface area contributed by atoms with E-state index >= 15 is 0 Å². The predicted molar refractivity (Wildman–Crippen MR) is 157 cm³/mol. The highest BCUT2D eigenvalue weighted by molar-refractivity contribution is 9.10. The zero-order valence-corrected chi connectivity index (χ0v) is 24.6. The third kappa shape index (κ3) is 6.80. The Balaban J connectivity index is 0.00000400. The van der Waals surface area contributed by atoms with E-state index in [4.69, 9.17) is 27.9 Å². The lowest BCUT2D eigenvalue weighted by molar-refractivity contribution is -0.124. The van der Waals surface area contributed by atoms with E-state index in [2.05, 4.69) is 26.2 Å². The molecule has 11 heteroatoms. The highest BCUT2D eigenvalue weighted by Crippen LogP contribution is 2.35. The van der Waals surface area contributed by atoms with Crippen LogP contribution in [0.25, 0.3) is 5.65 Å². The summed E-state index contributed by atoms with van der Waals surface area (Å²) in [5.41, 5.74) is 3.56. The molecular weight excluding hydrogens is 615 g/mol. The monoisotopic (exact) mass is 638 g/mol. The number of anilines is 1. The van der Waals surface area contributed by atoms with Crippen molar-refractivity contribution in [3.63, 3.8) is 0 Å². The maximum Gasteiger partial charge on any atom is 0.246 e. The first-order valence-electron chi connectivity index (χ1n) is 11.6. The molecule has 0 spiro atoms. The van der Waals surface area contributed by atoms with Gasteiger partial charge in [0, 0.05) is 30.3 Å². The van der Waals surface area contributed by atoms with Crippen LogP contribution in [-0.4, -0.2) is 34.8 Å². The van der Waals surface area contributed by atoms with Crippen molar-refractivity contribution in [1.82, 2.24) is 14.7 Å². The lowest BCUT2D eigenvalue weighted by atomic mass is 10.1. The maximum absolute atomic E-state index is 12.8. The van der Waals surface area contributed by atoms with Crippen LogP contribution in [0.2, 0.25) is 10.0 Å². The van der Waals surface area contributed by atoms with E-state index in [-0.39, 0.29) is 37.4 Å². The average Bonchev–Trinajstić information content (AvgIpc) is 3.20. The van der Waals surface area contributed by atoms with Crippen molar-refractivity contribution in [2.24, 2.45) is 0 Å². The molecule has 2 heterocycles. The molecule has 0 saturated heterocycles. The maximum atomic E-state index is 12.8. The van der Waals surface area contributed by atoms with Crippen LogP contribution in [0, 0.1) is 6.92 Å². The summed E-state index contributed by atoms with van der Waals surface area (Å²) in [6.45, 7) is 1.83. The summed E-state index contributed by atoms with van der Waals surface area (Å²) in [4.78, 5) is 31.0. The van der Waals surface area contributed by atoms with Gasteiger partial charge in [0.05, 0.1) is 22.9 Å². The number of carbonyl (C=O) groups is 2. The molecule has 0 radical (unpaired) electrons. The van der Waals surface area contributed by atoms with Crippen LogP contribution in [0.3, 0.4) is 0 Å². The number of ether oxygens (including phenoxy) is 1. The average molecular weight is 641 g/mol. The molecule has 2 aromatic heterocycles. The normalized spacial score (nSPS) is 10.7. The first kappa shape index (κ1) is 29.8. The lowest BCUT2D eigenvalue weighted by Gasteiger charge is -2.21. The summed E-state index contributed by atoms with van der Waals surface area (Å²) in [5, 5.41) is 3.39. The zero-order valence-electron chi connectivity index (χ0n) is 20.7. The number of fused-ring (bicyclic) bond motifs is 1. The van der Waals surface area contributed by atoms with E-state index in [1.165, 1.54) is 4.90 Å². The predicted octanol–water partition coefficient (Wildman–Crippen LogP) is 6.42. The molecule has 2 amide bonds. The van der Waals surface area contributed by atoms with Crippen LogP contribution in [0.15, 0.2) is 65.4 Å². The summed E-state index contributed by atoms with van der Waals surface area (Å²) in [7, 11) is 1.60. The highest BCUT2D eigenvalue weighted by Gasteiger charge is 2.20. The van der Waals surface area contributed by atoms with E-state index in [9.17, 15) is 9.59 Å². The molecule has 0 unspecified atom stereocenters. The van der Waals surface area contributed by atoms with Crippen LogP contribution < -0.4 is 15.0 Å². The van der Waals surface area contributed by atoms with Crippen LogP contribution in [0.5, 0.6) is 5.75 Å². The Labute approximate surface area is 245 Å². The standard InChI is InChI=1S/C27H25BrCl2N4O3.ClH/c1-17-26(28)34-14-6-9-22(27(34)32-17)37-16-19-20(29)11-12-21(25(19)30)33(2)24(36)15-31-23(35)13-10-18-7-4-3-5-8-18;/h3-9,11-12,14H,10,13,15-16H2,1-2H3,(H,31,35);1H. The summed E-state index contributed by atoms with van der Waals surface area (Å²) in [5.74, 6) is 0.0556. The second-order valence-electron chi connectivity index (χ2n) is 8.42. The number of nitrogens with zero attached hydrogens (tertiary/aromatic N) is 3.